The molecule has 2 aromatic carbocycles. The Morgan fingerprint density at radius 3 is 1.16 bits per heavy atom. The van der Waals surface area contributed by atoms with Crippen LogP contribution >= 0.6 is 0 Å². The van der Waals surface area contributed by atoms with Gasteiger partial charge < -0.3 is 0 Å². The van der Waals surface area contributed by atoms with Gasteiger partial charge in [-0.05, 0) is 0 Å². The van der Waals surface area contributed by atoms with E-state index in [0.717, 1.165) is 26.2 Å². The van der Waals surface area contributed by atoms with Gasteiger partial charge in [0, 0.05) is 0 Å². The molecule has 2 nitrogen and oxygen atoms in total. The summed E-state index contributed by atoms with van der Waals surface area (Å²) in [6.07, 6.45) is 0. The molecule has 0 N–H and O–H groups in total. The van der Waals surface area contributed by atoms with E-state index in [1.54, 1.807) is 0 Å². The Bertz CT molecular complexity index is 536. The first-order valence-corrected chi connectivity index (χ1v) is 13.4. The summed E-state index contributed by atoms with van der Waals surface area (Å²) in [6, 6.07) is 22.3. The molecule has 0 radical (unpaired) electrons. The van der Waals surface area contributed by atoms with Gasteiger partial charge >= 0.3 is 159 Å². The van der Waals surface area contributed by atoms with Crippen molar-refractivity contribution in [2.24, 2.45) is 0 Å². The Morgan fingerprint density at radius 2 is 0.880 bits per heavy atom. The number of hydrogen-bond acceptors (Lipinski definition) is 2. The molecule has 2 aromatic rings. The van der Waals surface area contributed by atoms with E-state index in [9.17, 15) is 0 Å². The monoisotopic (exact) mass is 374 g/mol. The summed E-state index contributed by atoms with van der Waals surface area (Å²) in [5.74, 6) is 0. The molecule has 25 heavy (non-hydrogen) atoms. The van der Waals surface area contributed by atoms with Gasteiger partial charge in [0.2, 0.25) is 0 Å². The molecule has 0 saturated carbocycles. The van der Waals surface area contributed by atoms with E-state index in [2.05, 4.69) is 95.1 Å². The third-order valence-electron chi connectivity index (χ3n) is 5.36. The van der Waals surface area contributed by atoms with E-state index in [4.69, 9.17) is 0 Å². The first-order valence-electron chi connectivity index (χ1n) is 9.78. The molecule has 0 aliphatic rings. The van der Waals surface area contributed by atoms with Gasteiger partial charge in [0.25, 0.3) is 0 Å². The van der Waals surface area contributed by atoms with Gasteiger partial charge in [0.05, 0.1) is 0 Å². The fourth-order valence-electron chi connectivity index (χ4n) is 4.18. The third-order valence-corrected chi connectivity index (χ3v) is 14.1. The van der Waals surface area contributed by atoms with Crippen molar-refractivity contribution in [2.45, 2.75) is 37.1 Å². The molecule has 3 heteroatoms. The molecule has 0 spiro atoms. The van der Waals surface area contributed by atoms with Crippen LogP contribution in [0.2, 0.25) is 0 Å². The van der Waals surface area contributed by atoms with Gasteiger partial charge in [-0.15, -0.1) is 0 Å². The first-order chi connectivity index (χ1) is 12.2. The van der Waals surface area contributed by atoms with Crippen LogP contribution in [0.4, 0.5) is 0 Å². The molecule has 0 aromatic heterocycles. The van der Waals surface area contributed by atoms with Crippen molar-refractivity contribution in [3.8, 4) is 0 Å². The van der Waals surface area contributed by atoms with Gasteiger partial charge in [-0.2, -0.15) is 0 Å². The molecule has 0 atom stereocenters. The Balaban J connectivity index is 2.50. The molecule has 2 rings (SSSR count). The van der Waals surface area contributed by atoms with E-state index in [1.165, 1.54) is 20.6 Å². The van der Waals surface area contributed by atoms with Crippen LogP contribution in [0.25, 0.3) is 0 Å². The van der Waals surface area contributed by atoms with E-state index in [0.29, 0.717) is 0 Å². The van der Waals surface area contributed by atoms with E-state index in [1.807, 2.05) is 0 Å². The van der Waals surface area contributed by atoms with Gasteiger partial charge in [-0.25, -0.2) is 0 Å². The number of hydrogen-bond donors (Lipinski definition) is 0. The molecule has 0 amide bonds. The summed E-state index contributed by atoms with van der Waals surface area (Å²) >= 11 is -2.53. The van der Waals surface area contributed by atoms with Crippen LogP contribution in [0, 0.1) is 0 Å². The predicted molar refractivity (Wildman–Crippen MR) is 106 cm³/mol. The predicted octanol–water partition coefficient (Wildman–Crippen LogP) is 5.05. The quantitative estimate of drug-likeness (QED) is 0.537. The number of rotatable bonds is 10. The van der Waals surface area contributed by atoms with Crippen LogP contribution < -0.4 is 0 Å². The second-order valence-electron chi connectivity index (χ2n) is 6.65. The van der Waals surface area contributed by atoms with E-state index in [-0.39, 0.29) is 0 Å². The van der Waals surface area contributed by atoms with Gasteiger partial charge in [0.1, 0.15) is 0 Å². The van der Waals surface area contributed by atoms with Gasteiger partial charge in [-0.3, -0.25) is 0 Å². The maximum absolute atomic E-state index is 2.84. The summed E-state index contributed by atoms with van der Waals surface area (Å²) in [7, 11) is 0. The van der Waals surface area contributed by atoms with Crippen molar-refractivity contribution >= 4 is 0 Å². The molecule has 0 saturated heterocycles. The number of benzene rings is 2. The van der Waals surface area contributed by atoms with E-state index >= 15 is 0 Å². The van der Waals surface area contributed by atoms with Gasteiger partial charge in [-0.1, -0.05) is 0 Å². The molecular weight excluding hydrogens is 340 g/mol. The second kappa shape index (κ2) is 10.3. The topological polar surface area (TPSA) is 6.48 Å². The molecule has 136 valence electrons. The van der Waals surface area contributed by atoms with Crippen LogP contribution in [0.1, 0.15) is 38.8 Å². The Labute approximate surface area is 158 Å². The summed E-state index contributed by atoms with van der Waals surface area (Å²) in [5.41, 5.74) is 2.99. The van der Waals surface area contributed by atoms with Crippen molar-refractivity contribution in [3.63, 3.8) is 0 Å². The van der Waals surface area contributed by atoms with Crippen LogP contribution in [-0.4, -0.2) is 32.9 Å². The van der Waals surface area contributed by atoms with Crippen LogP contribution in [0.3, 0.4) is 0 Å². The zero-order valence-electron chi connectivity index (χ0n) is 16.4. The second-order valence-corrected chi connectivity index (χ2v) is 12.8. The molecule has 0 fully saturated rings. The normalized spacial score (nSPS) is 12.1. The van der Waals surface area contributed by atoms with E-state index < -0.39 is 17.1 Å². The van der Waals surface area contributed by atoms with Crippen LogP contribution in [0.15, 0.2) is 60.7 Å². The van der Waals surface area contributed by atoms with Crippen molar-refractivity contribution in [1.29, 1.82) is 0 Å². The summed E-state index contributed by atoms with van der Waals surface area (Å²) in [6.45, 7) is 13.9. The molecule has 0 unspecified atom stereocenters. The summed E-state index contributed by atoms with van der Waals surface area (Å²) in [5, 5.41) is 0. The average Bonchev–Trinajstić information content (AvgIpc) is 2.65. The first kappa shape index (κ1) is 20.4. The molecule has 0 aliphatic carbocycles. The fourth-order valence-corrected chi connectivity index (χ4v) is 12.9. The molecular formula is C22H34N2Ti. The van der Waals surface area contributed by atoms with Gasteiger partial charge in [0.15, 0.2) is 0 Å². The third kappa shape index (κ3) is 5.04. The summed E-state index contributed by atoms with van der Waals surface area (Å²) in [4.78, 5) is 0. The SMILES string of the molecule is CC[N](CC)[Ti]([CH2]c1ccccc1)([CH2]c1ccccc1)[N](CC)CC. The fraction of sp³-hybridized carbons (Fsp3) is 0.455. The minimum absolute atomic E-state index is 1.15. The van der Waals surface area contributed by atoms with Crippen LogP contribution in [-0.2, 0) is 26.6 Å². The van der Waals surface area contributed by atoms with Crippen molar-refractivity contribution in [2.75, 3.05) is 26.2 Å². The summed E-state index contributed by atoms with van der Waals surface area (Å²) < 4.78 is 8.15. The zero-order valence-corrected chi connectivity index (χ0v) is 18.0. The molecule has 0 bridgehead atoms. The minimum atomic E-state index is -2.53. The van der Waals surface area contributed by atoms with Crippen LogP contribution in [0.5, 0.6) is 0 Å². The maximum atomic E-state index is 2.84. The zero-order chi connectivity index (χ0) is 18.1. The standard InChI is InChI=1S/2C7H7.2C4H10N.Ti/c2*1-7-5-3-2-4-6-7;2*1-3-5-4-2;/h2*2-6H,1H2;2*3-4H2,1-2H3;/q;;2*-1;+2. The van der Waals surface area contributed by atoms with Crippen molar-refractivity contribution in [1.82, 2.24) is 6.76 Å². The molecule has 0 aliphatic heterocycles. The van der Waals surface area contributed by atoms with Crippen molar-refractivity contribution < 1.29 is 17.1 Å². The van der Waals surface area contributed by atoms with Crippen molar-refractivity contribution in [3.05, 3.63) is 71.8 Å². The Hall–Kier alpha value is -0.926. The Kier molecular flexibility index (Phi) is 8.38. The number of nitrogens with zero attached hydrogens (tertiary/aromatic N) is 2. The Morgan fingerprint density at radius 1 is 0.560 bits per heavy atom. The molecule has 0 heterocycles. The average molecular weight is 374 g/mol.